The SMILES string of the molecule is CC.Cc1ccc(C2=CC=CC(C)C=C2)s1. The molecule has 0 saturated heterocycles. The number of aryl methyl sites for hydroxylation is 1. The Balaban J connectivity index is 0.000000606. The summed E-state index contributed by atoms with van der Waals surface area (Å²) in [5.41, 5.74) is 1.32. The molecule has 1 heteroatoms. The third-order valence-electron chi connectivity index (χ3n) is 2.29. The van der Waals surface area contributed by atoms with Crippen LogP contribution >= 0.6 is 11.3 Å². The fourth-order valence-corrected chi connectivity index (χ4v) is 2.34. The van der Waals surface area contributed by atoms with Gasteiger partial charge in [-0.3, -0.25) is 0 Å². The zero-order valence-electron chi connectivity index (χ0n) is 10.5. The topological polar surface area (TPSA) is 0 Å². The molecule has 1 aliphatic rings. The molecular formula is C15H20S. The van der Waals surface area contributed by atoms with Crippen molar-refractivity contribution >= 4 is 16.9 Å². The lowest BCUT2D eigenvalue weighted by Crippen LogP contribution is -1.78. The molecule has 0 radical (unpaired) electrons. The molecule has 0 amide bonds. The van der Waals surface area contributed by atoms with Gasteiger partial charge in [0.2, 0.25) is 0 Å². The fourth-order valence-electron chi connectivity index (χ4n) is 1.46. The van der Waals surface area contributed by atoms with Gasteiger partial charge in [-0.2, -0.15) is 0 Å². The minimum absolute atomic E-state index is 0.546. The van der Waals surface area contributed by atoms with E-state index in [0.29, 0.717) is 5.92 Å². The van der Waals surface area contributed by atoms with E-state index < -0.39 is 0 Å². The first-order valence-electron chi connectivity index (χ1n) is 5.89. The van der Waals surface area contributed by atoms with Crippen LogP contribution in [-0.4, -0.2) is 0 Å². The van der Waals surface area contributed by atoms with Gasteiger partial charge in [0, 0.05) is 9.75 Å². The average Bonchev–Trinajstić information content (AvgIpc) is 2.60. The van der Waals surface area contributed by atoms with E-state index in [9.17, 15) is 0 Å². The van der Waals surface area contributed by atoms with Crippen molar-refractivity contribution in [3.63, 3.8) is 0 Å². The van der Waals surface area contributed by atoms with Gasteiger partial charge < -0.3 is 0 Å². The predicted octanol–water partition coefficient (Wildman–Crippen LogP) is 5.23. The molecule has 0 aromatic carbocycles. The van der Waals surface area contributed by atoms with Crippen molar-refractivity contribution in [1.29, 1.82) is 0 Å². The fraction of sp³-hybridized carbons (Fsp3) is 0.333. The zero-order chi connectivity index (χ0) is 12.0. The van der Waals surface area contributed by atoms with Crippen molar-refractivity contribution in [2.24, 2.45) is 5.92 Å². The van der Waals surface area contributed by atoms with Gasteiger partial charge in [-0.15, -0.1) is 11.3 Å². The molecule has 2 rings (SSSR count). The molecule has 1 aliphatic carbocycles. The van der Waals surface area contributed by atoms with Crippen LogP contribution in [0.15, 0.2) is 42.5 Å². The van der Waals surface area contributed by atoms with E-state index in [-0.39, 0.29) is 0 Å². The van der Waals surface area contributed by atoms with Crippen LogP contribution in [0.3, 0.4) is 0 Å². The monoisotopic (exact) mass is 232 g/mol. The van der Waals surface area contributed by atoms with E-state index in [0.717, 1.165) is 0 Å². The maximum atomic E-state index is 2.24. The van der Waals surface area contributed by atoms with Crippen LogP contribution in [0.1, 0.15) is 30.5 Å². The number of allylic oxidation sites excluding steroid dienone is 6. The second-order valence-corrected chi connectivity index (χ2v) is 4.92. The maximum Gasteiger partial charge on any atom is 0.0345 e. The van der Waals surface area contributed by atoms with E-state index in [1.54, 1.807) is 0 Å². The summed E-state index contributed by atoms with van der Waals surface area (Å²) in [5.74, 6) is 0.546. The van der Waals surface area contributed by atoms with Crippen LogP contribution in [-0.2, 0) is 0 Å². The minimum Gasteiger partial charge on any atom is -0.141 e. The van der Waals surface area contributed by atoms with Crippen LogP contribution in [0.25, 0.3) is 5.57 Å². The standard InChI is InChI=1S/C13H14S.C2H6/c1-10-4-3-5-12(8-6-10)13-9-7-11(2)14-13;1-2/h3-10H,1-2H3;1-2H3. The number of hydrogen-bond donors (Lipinski definition) is 0. The highest BCUT2D eigenvalue weighted by Gasteiger charge is 2.02. The predicted molar refractivity (Wildman–Crippen MR) is 75.8 cm³/mol. The third-order valence-corrected chi connectivity index (χ3v) is 3.34. The van der Waals surface area contributed by atoms with Crippen LogP contribution in [0.2, 0.25) is 0 Å². The lowest BCUT2D eigenvalue weighted by Gasteiger charge is -1.96. The summed E-state index contributed by atoms with van der Waals surface area (Å²) in [5, 5.41) is 0. The summed E-state index contributed by atoms with van der Waals surface area (Å²) >= 11 is 1.85. The van der Waals surface area contributed by atoms with Gasteiger partial charge in [-0.25, -0.2) is 0 Å². The summed E-state index contributed by atoms with van der Waals surface area (Å²) < 4.78 is 0. The Bertz CT molecular complexity index is 405. The highest BCUT2D eigenvalue weighted by molar-refractivity contribution is 7.13. The smallest absolute Gasteiger partial charge is 0.0345 e. The minimum atomic E-state index is 0.546. The molecule has 0 bridgehead atoms. The summed E-state index contributed by atoms with van der Waals surface area (Å²) in [6.07, 6.45) is 11.0. The van der Waals surface area contributed by atoms with Gasteiger partial charge in [0.1, 0.15) is 0 Å². The normalized spacial score (nSPS) is 18.5. The molecule has 0 N–H and O–H groups in total. The molecule has 1 aromatic heterocycles. The molecule has 1 unspecified atom stereocenters. The quantitative estimate of drug-likeness (QED) is 0.622. The van der Waals surface area contributed by atoms with Gasteiger partial charge in [-0.05, 0) is 30.5 Å². The Hall–Kier alpha value is -1.08. The first-order valence-corrected chi connectivity index (χ1v) is 6.71. The molecule has 1 aromatic rings. The van der Waals surface area contributed by atoms with Gasteiger partial charge in [0.05, 0.1) is 0 Å². The Kier molecular flexibility index (Phi) is 5.27. The first-order chi connectivity index (χ1) is 7.75. The number of thiophene rings is 1. The second-order valence-electron chi connectivity index (χ2n) is 3.64. The highest BCUT2D eigenvalue weighted by atomic mass is 32.1. The van der Waals surface area contributed by atoms with E-state index in [4.69, 9.17) is 0 Å². The molecule has 16 heavy (non-hydrogen) atoms. The summed E-state index contributed by atoms with van der Waals surface area (Å²) in [6.45, 7) is 8.34. The Morgan fingerprint density at radius 3 is 2.50 bits per heavy atom. The van der Waals surface area contributed by atoms with Crippen LogP contribution < -0.4 is 0 Å². The summed E-state index contributed by atoms with van der Waals surface area (Å²) in [4.78, 5) is 2.73. The van der Waals surface area contributed by atoms with Gasteiger partial charge in [-0.1, -0.05) is 51.2 Å². The molecule has 0 spiro atoms. The zero-order valence-corrected chi connectivity index (χ0v) is 11.3. The van der Waals surface area contributed by atoms with Gasteiger partial charge in [0.15, 0.2) is 0 Å². The van der Waals surface area contributed by atoms with E-state index in [1.807, 2.05) is 25.2 Å². The lowest BCUT2D eigenvalue weighted by molar-refractivity contribution is 0.943. The second kappa shape index (κ2) is 6.49. The van der Waals surface area contributed by atoms with Gasteiger partial charge in [0.25, 0.3) is 0 Å². The highest BCUT2D eigenvalue weighted by Crippen LogP contribution is 2.26. The molecule has 1 heterocycles. The van der Waals surface area contributed by atoms with Crippen molar-refractivity contribution < 1.29 is 0 Å². The van der Waals surface area contributed by atoms with Crippen LogP contribution in [0.4, 0.5) is 0 Å². The van der Waals surface area contributed by atoms with E-state index in [1.165, 1.54) is 15.3 Å². The molecule has 0 aliphatic heterocycles. The molecule has 1 atom stereocenters. The Morgan fingerprint density at radius 2 is 1.88 bits per heavy atom. The molecule has 0 fully saturated rings. The average molecular weight is 232 g/mol. The lowest BCUT2D eigenvalue weighted by atomic mass is 10.1. The van der Waals surface area contributed by atoms with Crippen LogP contribution in [0.5, 0.6) is 0 Å². The first kappa shape index (κ1) is 13.0. The van der Waals surface area contributed by atoms with Gasteiger partial charge >= 0.3 is 0 Å². The maximum absolute atomic E-state index is 2.24. The van der Waals surface area contributed by atoms with Crippen molar-refractivity contribution in [3.05, 3.63) is 52.3 Å². The van der Waals surface area contributed by atoms with Crippen molar-refractivity contribution in [3.8, 4) is 0 Å². The summed E-state index contributed by atoms with van der Waals surface area (Å²) in [7, 11) is 0. The third kappa shape index (κ3) is 3.49. The molecular weight excluding hydrogens is 212 g/mol. The number of hydrogen-bond acceptors (Lipinski definition) is 1. The molecule has 0 saturated carbocycles. The van der Waals surface area contributed by atoms with E-state index in [2.05, 4.69) is 56.4 Å². The van der Waals surface area contributed by atoms with E-state index >= 15 is 0 Å². The Labute approximate surface area is 103 Å². The van der Waals surface area contributed by atoms with Crippen molar-refractivity contribution in [1.82, 2.24) is 0 Å². The molecule has 0 nitrogen and oxygen atoms in total. The molecule has 86 valence electrons. The van der Waals surface area contributed by atoms with Crippen LogP contribution in [0, 0.1) is 12.8 Å². The van der Waals surface area contributed by atoms with Crippen molar-refractivity contribution in [2.75, 3.05) is 0 Å². The largest absolute Gasteiger partial charge is 0.141 e. The summed E-state index contributed by atoms with van der Waals surface area (Å²) in [6, 6.07) is 4.37. The number of rotatable bonds is 1. The van der Waals surface area contributed by atoms with Crippen molar-refractivity contribution in [2.45, 2.75) is 27.7 Å². The Morgan fingerprint density at radius 1 is 1.12 bits per heavy atom.